The van der Waals surface area contributed by atoms with Crippen LogP contribution < -0.4 is 20.5 Å². The topological polar surface area (TPSA) is 73.6 Å². The number of amides is 1. The fourth-order valence-corrected chi connectivity index (χ4v) is 2.22. The summed E-state index contributed by atoms with van der Waals surface area (Å²) in [5.74, 6) is 1.44. The Morgan fingerprint density at radius 2 is 2.05 bits per heavy atom. The van der Waals surface area contributed by atoms with E-state index in [1.54, 1.807) is 21.1 Å². The van der Waals surface area contributed by atoms with Crippen LogP contribution in [0.3, 0.4) is 0 Å². The smallest absolute Gasteiger partial charge is 0.239 e. The van der Waals surface area contributed by atoms with Crippen molar-refractivity contribution >= 4 is 5.91 Å². The van der Waals surface area contributed by atoms with Gasteiger partial charge in [0, 0.05) is 6.54 Å². The van der Waals surface area contributed by atoms with E-state index in [0.717, 1.165) is 23.5 Å². The number of methoxy groups -OCH3 is 2. The van der Waals surface area contributed by atoms with Crippen LogP contribution in [0.1, 0.15) is 32.3 Å². The lowest BCUT2D eigenvalue weighted by atomic mass is 9.96. The summed E-state index contributed by atoms with van der Waals surface area (Å²) < 4.78 is 10.5. The Kier molecular flexibility index (Phi) is 6.49. The zero-order chi connectivity index (χ0) is 15.9. The van der Waals surface area contributed by atoms with E-state index < -0.39 is 5.54 Å². The molecule has 1 rings (SSSR count). The summed E-state index contributed by atoms with van der Waals surface area (Å²) in [5, 5.41) is 2.88. The van der Waals surface area contributed by atoms with Crippen molar-refractivity contribution in [3.05, 3.63) is 23.8 Å². The standard InChI is InChI=1S/C16H26N2O3/c1-5-9-16(2,17)15(19)18-10-8-12-11-13(20-3)6-7-14(12)21-4/h6-7,11H,5,8-10,17H2,1-4H3,(H,18,19). The van der Waals surface area contributed by atoms with E-state index in [-0.39, 0.29) is 5.91 Å². The molecule has 0 heterocycles. The Hall–Kier alpha value is -1.75. The van der Waals surface area contributed by atoms with Crippen LogP contribution in [-0.2, 0) is 11.2 Å². The van der Waals surface area contributed by atoms with E-state index in [1.807, 2.05) is 25.1 Å². The number of carbonyl (C=O) groups excluding carboxylic acids is 1. The lowest BCUT2D eigenvalue weighted by Gasteiger charge is -2.23. The third kappa shape index (κ3) is 4.93. The second-order valence-corrected chi connectivity index (χ2v) is 5.35. The first-order valence-corrected chi connectivity index (χ1v) is 7.22. The monoisotopic (exact) mass is 294 g/mol. The third-order valence-electron chi connectivity index (χ3n) is 3.46. The van der Waals surface area contributed by atoms with Gasteiger partial charge >= 0.3 is 0 Å². The van der Waals surface area contributed by atoms with E-state index in [0.29, 0.717) is 19.4 Å². The average molecular weight is 294 g/mol. The van der Waals surface area contributed by atoms with Crippen molar-refractivity contribution in [2.45, 2.75) is 38.6 Å². The second-order valence-electron chi connectivity index (χ2n) is 5.35. The summed E-state index contributed by atoms with van der Waals surface area (Å²) in [4.78, 5) is 12.0. The van der Waals surface area contributed by atoms with Crippen LogP contribution in [0.5, 0.6) is 11.5 Å². The van der Waals surface area contributed by atoms with Gasteiger partial charge in [-0.1, -0.05) is 13.3 Å². The van der Waals surface area contributed by atoms with E-state index in [9.17, 15) is 4.79 Å². The van der Waals surface area contributed by atoms with E-state index in [4.69, 9.17) is 15.2 Å². The molecule has 0 fully saturated rings. The summed E-state index contributed by atoms with van der Waals surface area (Å²) in [6.45, 7) is 4.29. The summed E-state index contributed by atoms with van der Waals surface area (Å²) in [6.07, 6.45) is 2.21. The highest BCUT2D eigenvalue weighted by Gasteiger charge is 2.26. The molecule has 3 N–H and O–H groups in total. The molecule has 0 saturated heterocycles. The molecule has 1 amide bonds. The zero-order valence-electron chi connectivity index (χ0n) is 13.4. The number of rotatable bonds is 8. The fraction of sp³-hybridized carbons (Fsp3) is 0.562. The number of carbonyl (C=O) groups is 1. The summed E-state index contributed by atoms with van der Waals surface area (Å²) in [7, 11) is 3.25. The van der Waals surface area contributed by atoms with E-state index >= 15 is 0 Å². The van der Waals surface area contributed by atoms with Crippen molar-refractivity contribution in [2.24, 2.45) is 5.73 Å². The first kappa shape index (κ1) is 17.3. The minimum Gasteiger partial charge on any atom is -0.497 e. The van der Waals surface area contributed by atoms with Crippen LogP contribution in [0.25, 0.3) is 0 Å². The fourth-order valence-electron chi connectivity index (χ4n) is 2.22. The molecule has 0 saturated carbocycles. The highest BCUT2D eigenvalue weighted by molar-refractivity contribution is 5.85. The number of hydrogen-bond acceptors (Lipinski definition) is 4. The molecular weight excluding hydrogens is 268 g/mol. The number of nitrogens with two attached hydrogens (primary N) is 1. The molecule has 0 aliphatic rings. The van der Waals surface area contributed by atoms with Gasteiger partial charge in [0.2, 0.25) is 5.91 Å². The molecule has 0 aliphatic carbocycles. The number of benzene rings is 1. The molecule has 0 spiro atoms. The van der Waals surface area contributed by atoms with Crippen molar-refractivity contribution in [3.8, 4) is 11.5 Å². The van der Waals surface area contributed by atoms with Crippen LogP contribution in [0.15, 0.2) is 18.2 Å². The molecule has 0 aliphatic heterocycles. The van der Waals surface area contributed by atoms with Gasteiger partial charge in [0.25, 0.3) is 0 Å². The maximum absolute atomic E-state index is 12.0. The van der Waals surface area contributed by atoms with Crippen molar-refractivity contribution in [1.29, 1.82) is 0 Å². The Bertz CT molecular complexity index is 473. The molecule has 0 bridgehead atoms. The molecule has 1 unspecified atom stereocenters. The molecule has 5 nitrogen and oxygen atoms in total. The predicted octanol–water partition coefficient (Wildman–Crippen LogP) is 1.88. The minimum absolute atomic E-state index is 0.119. The summed E-state index contributed by atoms with van der Waals surface area (Å²) in [5.41, 5.74) is 6.17. The Morgan fingerprint density at radius 1 is 1.33 bits per heavy atom. The summed E-state index contributed by atoms with van der Waals surface area (Å²) in [6, 6.07) is 5.62. The van der Waals surface area contributed by atoms with Crippen molar-refractivity contribution < 1.29 is 14.3 Å². The number of hydrogen-bond donors (Lipinski definition) is 2. The van der Waals surface area contributed by atoms with Crippen LogP contribution in [0.2, 0.25) is 0 Å². The first-order chi connectivity index (χ1) is 9.94. The van der Waals surface area contributed by atoms with Gasteiger partial charge in [0.15, 0.2) is 0 Å². The van der Waals surface area contributed by atoms with Crippen LogP contribution in [-0.4, -0.2) is 32.2 Å². The molecule has 1 aromatic rings. The van der Waals surface area contributed by atoms with Gasteiger partial charge in [-0.05, 0) is 43.5 Å². The molecule has 21 heavy (non-hydrogen) atoms. The maximum atomic E-state index is 12.0. The SMILES string of the molecule is CCCC(C)(N)C(=O)NCCc1cc(OC)ccc1OC. The Morgan fingerprint density at radius 3 is 2.62 bits per heavy atom. The second kappa shape index (κ2) is 7.88. The van der Waals surface area contributed by atoms with Gasteiger partial charge in [-0.25, -0.2) is 0 Å². The number of ether oxygens (including phenoxy) is 2. The number of nitrogens with one attached hydrogen (secondary N) is 1. The molecule has 0 aromatic heterocycles. The summed E-state index contributed by atoms with van der Waals surface area (Å²) >= 11 is 0. The van der Waals surface area contributed by atoms with Crippen LogP contribution >= 0.6 is 0 Å². The van der Waals surface area contributed by atoms with Crippen molar-refractivity contribution in [1.82, 2.24) is 5.32 Å². The molecule has 1 aromatic carbocycles. The lowest BCUT2D eigenvalue weighted by Crippen LogP contribution is -2.51. The predicted molar refractivity (Wildman–Crippen MR) is 83.8 cm³/mol. The highest BCUT2D eigenvalue weighted by atomic mass is 16.5. The average Bonchev–Trinajstić information content (AvgIpc) is 2.46. The highest BCUT2D eigenvalue weighted by Crippen LogP contribution is 2.24. The van der Waals surface area contributed by atoms with E-state index in [1.165, 1.54) is 0 Å². The van der Waals surface area contributed by atoms with Crippen molar-refractivity contribution in [2.75, 3.05) is 20.8 Å². The third-order valence-corrected chi connectivity index (χ3v) is 3.46. The van der Waals surface area contributed by atoms with Gasteiger partial charge in [0.05, 0.1) is 19.8 Å². The quantitative estimate of drug-likeness (QED) is 0.768. The van der Waals surface area contributed by atoms with E-state index in [2.05, 4.69) is 5.32 Å². The molecule has 0 radical (unpaired) electrons. The van der Waals surface area contributed by atoms with Crippen LogP contribution in [0.4, 0.5) is 0 Å². The Labute approximate surface area is 126 Å². The van der Waals surface area contributed by atoms with Gasteiger partial charge in [-0.15, -0.1) is 0 Å². The minimum atomic E-state index is -0.812. The first-order valence-electron chi connectivity index (χ1n) is 7.22. The van der Waals surface area contributed by atoms with Gasteiger partial charge in [0.1, 0.15) is 11.5 Å². The molecule has 1 atom stereocenters. The van der Waals surface area contributed by atoms with Gasteiger partial charge in [-0.2, -0.15) is 0 Å². The molecule has 118 valence electrons. The zero-order valence-corrected chi connectivity index (χ0v) is 13.4. The molecule has 5 heteroatoms. The van der Waals surface area contributed by atoms with Gasteiger partial charge < -0.3 is 20.5 Å². The van der Waals surface area contributed by atoms with Crippen molar-refractivity contribution in [3.63, 3.8) is 0 Å². The largest absolute Gasteiger partial charge is 0.497 e. The lowest BCUT2D eigenvalue weighted by molar-refractivity contribution is -0.126. The van der Waals surface area contributed by atoms with Crippen LogP contribution in [0, 0.1) is 0 Å². The molecular formula is C16H26N2O3. The maximum Gasteiger partial charge on any atom is 0.239 e. The van der Waals surface area contributed by atoms with Gasteiger partial charge in [-0.3, -0.25) is 4.79 Å². The normalized spacial score (nSPS) is 13.4. The Balaban J connectivity index is 2.61.